The van der Waals surface area contributed by atoms with E-state index in [1.165, 1.54) is 0 Å². The molecule has 0 aromatic carbocycles. The molecule has 0 spiro atoms. The lowest BCUT2D eigenvalue weighted by Gasteiger charge is -2.45. The minimum Gasteiger partial charge on any atom is -0.461 e. The van der Waals surface area contributed by atoms with Crippen LogP contribution in [0.25, 0.3) is 0 Å². The number of rotatable bonds is 1. The van der Waals surface area contributed by atoms with Gasteiger partial charge in [-0.15, -0.1) is 0 Å². The highest BCUT2D eigenvalue weighted by Crippen LogP contribution is 2.42. The van der Waals surface area contributed by atoms with E-state index in [1.54, 1.807) is 7.11 Å². The summed E-state index contributed by atoms with van der Waals surface area (Å²) in [6.07, 6.45) is 5.65. The number of esters is 1. The van der Waals surface area contributed by atoms with E-state index in [4.69, 9.17) is 9.47 Å². The van der Waals surface area contributed by atoms with Gasteiger partial charge in [0.15, 0.2) is 0 Å². The van der Waals surface area contributed by atoms with Crippen LogP contribution in [0.5, 0.6) is 0 Å². The van der Waals surface area contributed by atoms with Crippen LogP contribution in [-0.4, -0.2) is 49.3 Å². The van der Waals surface area contributed by atoms with Gasteiger partial charge in [0.25, 0.3) is 0 Å². The number of nitriles is 1. The third kappa shape index (κ3) is 1.96. The average Bonchev–Trinajstić information content (AvgIpc) is 2.66. The Balaban J connectivity index is 2.06. The van der Waals surface area contributed by atoms with Crippen LogP contribution in [0, 0.1) is 11.3 Å². The van der Waals surface area contributed by atoms with Gasteiger partial charge in [0, 0.05) is 26.6 Å². The molecule has 2 atom stereocenters. The second kappa shape index (κ2) is 5.04. The minimum absolute atomic E-state index is 0.0931. The Hall–Kier alpha value is -1.64. The van der Waals surface area contributed by atoms with Crippen LogP contribution >= 0.6 is 0 Å². The number of nitrogens with zero attached hydrogens (tertiary/aromatic N) is 2. The molecule has 0 fully saturated rings. The summed E-state index contributed by atoms with van der Waals surface area (Å²) in [5, 5.41) is 9.88. The van der Waals surface area contributed by atoms with Crippen molar-refractivity contribution in [1.29, 1.82) is 5.26 Å². The molecule has 0 unspecified atom stereocenters. The molecule has 0 aliphatic carbocycles. The number of cyclic esters (lactones) is 1. The minimum atomic E-state index is -0.725. The molecule has 0 aromatic rings. The van der Waals surface area contributed by atoms with Crippen molar-refractivity contribution in [3.63, 3.8) is 0 Å². The number of carbonyl (C=O) groups is 1. The molecule has 0 bridgehead atoms. The van der Waals surface area contributed by atoms with Crippen molar-refractivity contribution in [2.45, 2.75) is 30.9 Å². The highest BCUT2D eigenvalue weighted by atomic mass is 16.5. The second-order valence-electron chi connectivity index (χ2n) is 5.49. The molecule has 0 aromatic heterocycles. The second-order valence-corrected chi connectivity index (χ2v) is 5.49. The van der Waals surface area contributed by atoms with Crippen LogP contribution in [0.4, 0.5) is 0 Å². The first kappa shape index (κ1) is 13.3. The summed E-state index contributed by atoms with van der Waals surface area (Å²) in [6.45, 7) is 1.89. The molecule has 20 heavy (non-hydrogen) atoms. The lowest BCUT2D eigenvalue weighted by atomic mass is 9.76. The summed E-state index contributed by atoms with van der Waals surface area (Å²) >= 11 is 0. The molecule has 0 N–H and O–H groups in total. The van der Waals surface area contributed by atoms with Gasteiger partial charge in [-0.05, 0) is 17.6 Å². The summed E-state index contributed by atoms with van der Waals surface area (Å²) in [6, 6.07) is 2.48. The number of methoxy groups -OCH3 is 1. The summed E-state index contributed by atoms with van der Waals surface area (Å²) in [4.78, 5) is 13.8. The lowest BCUT2D eigenvalue weighted by molar-refractivity contribution is -0.143. The van der Waals surface area contributed by atoms with Gasteiger partial charge in [-0.2, -0.15) is 5.26 Å². The van der Waals surface area contributed by atoms with Gasteiger partial charge in [-0.3, -0.25) is 9.69 Å². The zero-order valence-electron chi connectivity index (χ0n) is 11.6. The number of ether oxygens (including phenoxy) is 2. The van der Waals surface area contributed by atoms with Gasteiger partial charge in [0.2, 0.25) is 0 Å². The maximum Gasteiger partial charge on any atom is 0.310 e. The molecule has 0 amide bonds. The van der Waals surface area contributed by atoms with Gasteiger partial charge in [-0.1, -0.05) is 12.2 Å². The molecule has 106 valence electrons. The lowest BCUT2D eigenvalue weighted by Crippen LogP contribution is -2.55. The normalized spacial score (nSPS) is 33.8. The standard InChI is InChI=1S/C15H18N2O3/c1-19-12-3-2-5-17-6-4-11-9-20-14(18)7-13(11)15(17,8-12)10-16/h2-3,12H,4-9H2,1H3/t12-,15-/m0/s1. The monoisotopic (exact) mass is 274 g/mol. The van der Waals surface area contributed by atoms with E-state index in [0.717, 1.165) is 30.7 Å². The Labute approximate surface area is 118 Å². The van der Waals surface area contributed by atoms with Crippen LogP contribution in [0.15, 0.2) is 23.3 Å². The summed E-state index contributed by atoms with van der Waals surface area (Å²) in [7, 11) is 1.66. The molecule has 3 aliphatic rings. The van der Waals surface area contributed by atoms with Gasteiger partial charge in [0.1, 0.15) is 12.1 Å². The van der Waals surface area contributed by atoms with Crippen LogP contribution in [0.2, 0.25) is 0 Å². The number of hydrogen-bond acceptors (Lipinski definition) is 5. The summed E-state index contributed by atoms with van der Waals surface area (Å²) in [5.74, 6) is -0.230. The molecule has 5 heteroatoms. The molecule has 0 saturated carbocycles. The third-order valence-corrected chi connectivity index (χ3v) is 4.54. The third-order valence-electron chi connectivity index (χ3n) is 4.54. The van der Waals surface area contributed by atoms with Crippen molar-refractivity contribution in [1.82, 2.24) is 4.90 Å². The first-order chi connectivity index (χ1) is 9.69. The zero-order chi connectivity index (χ0) is 14.2. The SMILES string of the molecule is CO[C@H]1C=CCN2CCC3=C(CC(=O)OC3)[C@@]2(C#N)C1. The first-order valence-corrected chi connectivity index (χ1v) is 6.92. The molecule has 3 rings (SSSR count). The van der Waals surface area contributed by atoms with Crippen molar-refractivity contribution in [3.05, 3.63) is 23.3 Å². The fraction of sp³-hybridized carbons (Fsp3) is 0.600. The van der Waals surface area contributed by atoms with Crippen molar-refractivity contribution < 1.29 is 14.3 Å². The van der Waals surface area contributed by atoms with E-state index in [9.17, 15) is 10.1 Å². The number of fused-ring (bicyclic) bond motifs is 2. The molecular weight excluding hydrogens is 256 g/mol. The number of hydrogen-bond donors (Lipinski definition) is 0. The van der Waals surface area contributed by atoms with E-state index in [1.807, 2.05) is 6.08 Å². The molecule has 0 saturated heterocycles. The Bertz CT molecular complexity index is 532. The van der Waals surface area contributed by atoms with Crippen LogP contribution in [-0.2, 0) is 14.3 Å². The van der Waals surface area contributed by atoms with Gasteiger partial charge in [-0.25, -0.2) is 0 Å². The fourth-order valence-electron chi connectivity index (χ4n) is 3.43. The smallest absolute Gasteiger partial charge is 0.310 e. The highest BCUT2D eigenvalue weighted by Gasteiger charge is 2.48. The van der Waals surface area contributed by atoms with Crippen molar-refractivity contribution >= 4 is 5.97 Å². The Morgan fingerprint density at radius 3 is 3.20 bits per heavy atom. The van der Waals surface area contributed by atoms with E-state index in [0.29, 0.717) is 13.0 Å². The molecule has 3 heterocycles. The predicted octanol–water partition coefficient (Wildman–Crippen LogP) is 1.17. The van der Waals surface area contributed by atoms with Gasteiger partial charge < -0.3 is 9.47 Å². The van der Waals surface area contributed by atoms with Crippen LogP contribution in [0.3, 0.4) is 0 Å². The maximum absolute atomic E-state index is 11.7. The topological polar surface area (TPSA) is 62.6 Å². The van der Waals surface area contributed by atoms with E-state index in [2.05, 4.69) is 17.0 Å². The molecule has 5 nitrogen and oxygen atoms in total. The fourth-order valence-corrected chi connectivity index (χ4v) is 3.43. The van der Waals surface area contributed by atoms with Gasteiger partial charge >= 0.3 is 5.97 Å². The van der Waals surface area contributed by atoms with Crippen molar-refractivity contribution in [2.75, 3.05) is 26.8 Å². The average molecular weight is 274 g/mol. The zero-order valence-corrected chi connectivity index (χ0v) is 11.6. The van der Waals surface area contributed by atoms with Crippen LogP contribution < -0.4 is 0 Å². The molecule has 0 radical (unpaired) electrons. The van der Waals surface area contributed by atoms with Crippen molar-refractivity contribution in [2.24, 2.45) is 0 Å². The molecule has 3 aliphatic heterocycles. The Morgan fingerprint density at radius 1 is 1.60 bits per heavy atom. The Morgan fingerprint density at radius 2 is 2.45 bits per heavy atom. The van der Waals surface area contributed by atoms with Crippen LogP contribution in [0.1, 0.15) is 19.3 Å². The van der Waals surface area contributed by atoms with Gasteiger partial charge in [0.05, 0.1) is 18.6 Å². The largest absolute Gasteiger partial charge is 0.461 e. The maximum atomic E-state index is 11.7. The summed E-state index contributed by atoms with van der Waals surface area (Å²) in [5.41, 5.74) is 1.35. The van der Waals surface area contributed by atoms with E-state index < -0.39 is 5.54 Å². The first-order valence-electron chi connectivity index (χ1n) is 6.92. The molecular formula is C15H18N2O3. The van der Waals surface area contributed by atoms with E-state index in [-0.39, 0.29) is 18.5 Å². The predicted molar refractivity (Wildman–Crippen MR) is 71.7 cm³/mol. The quantitative estimate of drug-likeness (QED) is 0.530. The highest BCUT2D eigenvalue weighted by molar-refractivity contribution is 5.76. The van der Waals surface area contributed by atoms with E-state index >= 15 is 0 Å². The Kier molecular flexibility index (Phi) is 3.36. The summed E-state index contributed by atoms with van der Waals surface area (Å²) < 4.78 is 10.6. The van der Waals surface area contributed by atoms with Crippen molar-refractivity contribution in [3.8, 4) is 6.07 Å². The number of carbonyl (C=O) groups excluding carboxylic acids is 1.